The van der Waals surface area contributed by atoms with Crippen LogP contribution in [0.25, 0.3) is 10.8 Å². The first-order valence-corrected chi connectivity index (χ1v) is 16.6. The van der Waals surface area contributed by atoms with Crippen molar-refractivity contribution in [1.29, 1.82) is 0 Å². The molecule has 7 rings (SSSR count). The maximum absolute atomic E-state index is 15.4. The summed E-state index contributed by atoms with van der Waals surface area (Å²) < 4.78 is 296. The quantitative estimate of drug-likeness (QED) is 0.0539. The zero-order valence-electron chi connectivity index (χ0n) is 29.6. The largest absolute Gasteiger partial charge is 0.252 e. The zero-order valence-corrected chi connectivity index (χ0v) is 29.6. The highest BCUT2D eigenvalue weighted by atomic mass is 19.2. The Morgan fingerprint density at radius 2 is 0.613 bits per heavy atom. The fraction of sp³-hybridized carbons (Fsp3) is 0.0256. The van der Waals surface area contributed by atoms with E-state index in [1.54, 1.807) is 12.4 Å². The Hall–Kier alpha value is -6.68. The highest BCUT2D eigenvalue weighted by Gasteiger charge is 2.52. The maximum Gasteiger partial charge on any atom is 0.200 e. The van der Waals surface area contributed by atoms with Gasteiger partial charge in [0.25, 0.3) is 0 Å². The number of hydrogen-bond acceptors (Lipinski definition) is 1. The monoisotopic (exact) mass is 900 g/mol. The summed E-state index contributed by atoms with van der Waals surface area (Å²) in [5, 5.41) is 2.58. The Labute approximate surface area is 331 Å². The van der Waals surface area contributed by atoms with Crippen LogP contribution in [0, 0.1) is 116 Å². The van der Waals surface area contributed by atoms with Crippen molar-refractivity contribution in [3.8, 4) is 0 Å². The number of fused-ring (bicyclic) bond motifs is 1. The second kappa shape index (κ2) is 16.6. The van der Waals surface area contributed by atoms with E-state index in [2.05, 4.69) is 52.0 Å². The first-order valence-electron chi connectivity index (χ1n) is 16.6. The van der Waals surface area contributed by atoms with Gasteiger partial charge in [0.15, 0.2) is 88.7 Å². The zero-order chi connectivity index (χ0) is 45.9. The van der Waals surface area contributed by atoms with E-state index in [-0.39, 0.29) is 0 Å². The van der Waals surface area contributed by atoms with Crippen LogP contribution in [-0.4, -0.2) is 11.1 Å². The normalized spacial score (nSPS) is 11.6. The first kappa shape index (κ1) is 44.9. The van der Waals surface area contributed by atoms with Crippen molar-refractivity contribution in [1.82, 2.24) is 4.98 Å². The molecule has 0 radical (unpaired) electrons. The molecule has 322 valence electrons. The molecule has 62 heavy (non-hydrogen) atoms. The average molecular weight is 900 g/mol. The highest BCUT2D eigenvalue weighted by Crippen LogP contribution is 2.31. The van der Waals surface area contributed by atoms with E-state index in [4.69, 9.17) is 0 Å². The van der Waals surface area contributed by atoms with Gasteiger partial charge in [-0.2, -0.15) is 4.57 Å². The number of rotatable bonds is 6. The van der Waals surface area contributed by atoms with Gasteiger partial charge in [0.05, 0.1) is 12.4 Å². The van der Waals surface area contributed by atoms with Crippen LogP contribution in [0.15, 0.2) is 67.3 Å². The van der Waals surface area contributed by atoms with Crippen molar-refractivity contribution in [3.05, 3.63) is 189 Å². The van der Waals surface area contributed by atoms with E-state index < -0.39 is 144 Å². The summed E-state index contributed by atoms with van der Waals surface area (Å²) in [6, 6.07) is 15.0. The fourth-order valence-electron chi connectivity index (χ4n) is 6.88. The molecular weight excluding hydrogens is 887 g/mol. The van der Waals surface area contributed by atoms with Crippen LogP contribution in [0.2, 0.25) is 0 Å². The van der Waals surface area contributed by atoms with Gasteiger partial charge < -0.3 is 0 Å². The van der Waals surface area contributed by atoms with Gasteiger partial charge in [-0.3, -0.25) is 4.98 Å². The van der Waals surface area contributed by atoms with Gasteiger partial charge >= 0.3 is 0 Å². The molecule has 0 aliphatic rings. The van der Waals surface area contributed by atoms with Crippen LogP contribution in [-0.2, 0) is 6.54 Å². The van der Waals surface area contributed by atoms with Gasteiger partial charge in [-0.1, -0.05) is 36.4 Å². The SMILES string of the molecule is Fc1c(F)c(F)c([B-](c2c(F)c(F)c(F)c(F)c2F)(c2c(F)c(F)c(F)c(F)c2F)c2c(F)c(F)c(F)c(F)c2F)c(F)c1F.c1ccc2cc(C[n+]3ccncc3)ccc2c1. The van der Waals surface area contributed by atoms with Crippen LogP contribution >= 0.6 is 0 Å². The number of halogens is 20. The van der Waals surface area contributed by atoms with Crippen molar-refractivity contribution in [3.63, 3.8) is 0 Å². The van der Waals surface area contributed by atoms with Crippen molar-refractivity contribution in [2.75, 3.05) is 0 Å². The Kier molecular flexibility index (Phi) is 12.0. The number of nitrogens with zero attached hydrogens (tertiary/aromatic N) is 2. The molecule has 0 aliphatic heterocycles. The lowest BCUT2D eigenvalue weighted by Gasteiger charge is -2.44. The molecule has 23 heteroatoms. The molecule has 0 amide bonds. The van der Waals surface area contributed by atoms with Gasteiger partial charge in [0.1, 0.15) is 52.7 Å². The predicted octanol–water partition coefficient (Wildman–Crippen LogP) is 8.42. The summed E-state index contributed by atoms with van der Waals surface area (Å²) in [4.78, 5) is 4.02. The van der Waals surface area contributed by atoms with Gasteiger partial charge in [-0.15, -0.1) is 21.9 Å². The van der Waals surface area contributed by atoms with Gasteiger partial charge in [0, 0.05) is 5.56 Å². The number of aromatic nitrogens is 2. The molecule has 0 bridgehead atoms. The maximum atomic E-state index is 15.4. The molecule has 6 aromatic carbocycles. The third kappa shape index (κ3) is 6.91. The smallest absolute Gasteiger partial charge is 0.200 e. The molecule has 0 atom stereocenters. The first-order chi connectivity index (χ1) is 29.1. The molecule has 0 unspecified atom stereocenters. The summed E-state index contributed by atoms with van der Waals surface area (Å²) >= 11 is 0. The van der Waals surface area contributed by atoms with E-state index in [9.17, 15) is 52.7 Å². The lowest BCUT2D eigenvalue weighted by atomic mass is 9.12. The molecule has 0 aliphatic carbocycles. The van der Waals surface area contributed by atoms with Crippen LogP contribution in [0.3, 0.4) is 0 Å². The van der Waals surface area contributed by atoms with E-state index in [0.29, 0.717) is 0 Å². The Balaban J connectivity index is 0.000000311. The van der Waals surface area contributed by atoms with Gasteiger partial charge in [-0.05, 0) is 16.8 Å². The van der Waals surface area contributed by atoms with Crippen LogP contribution in [0.5, 0.6) is 0 Å². The molecule has 1 heterocycles. The number of hydrogen-bond donors (Lipinski definition) is 0. The Morgan fingerprint density at radius 1 is 0.339 bits per heavy atom. The topological polar surface area (TPSA) is 16.8 Å². The van der Waals surface area contributed by atoms with E-state index in [1.807, 2.05) is 12.4 Å². The summed E-state index contributed by atoms with van der Waals surface area (Å²) in [7, 11) is 0. The molecule has 1 aromatic heterocycles. The molecule has 0 saturated carbocycles. The minimum Gasteiger partial charge on any atom is -0.252 e. The van der Waals surface area contributed by atoms with Crippen molar-refractivity contribution in [2.24, 2.45) is 0 Å². The van der Waals surface area contributed by atoms with Crippen molar-refractivity contribution < 1.29 is 92.4 Å². The second-order valence-corrected chi connectivity index (χ2v) is 12.9. The Bertz CT molecular complexity index is 2560. The minimum atomic E-state index is -7.22. The number of benzene rings is 6. The van der Waals surface area contributed by atoms with Gasteiger partial charge in [0.2, 0.25) is 0 Å². The molecular formula is C39H13BF20N2. The van der Waals surface area contributed by atoms with Crippen molar-refractivity contribution in [2.45, 2.75) is 6.54 Å². The van der Waals surface area contributed by atoms with E-state index in [1.165, 1.54) is 16.3 Å². The molecule has 0 saturated heterocycles. The van der Waals surface area contributed by atoms with E-state index in [0.717, 1.165) is 6.54 Å². The molecule has 2 nitrogen and oxygen atoms in total. The van der Waals surface area contributed by atoms with Gasteiger partial charge in [-0.25, -0.2) is 87.8 Å². The minimum absolute atomic E-state index is 0.882. The standard InChI is InChI=1S/C24BF20.C15H13N2/c26-5-1(6(27)14(35)21(42)13(5)34)25(2-7(28)15(36)22(43)16(37)8(2)29,3-9(30)17(38)23(44)18(39)10(3)31)4-11(32)19(40)24(45)20(41)12(4)33;1-2-4-15-11-13(5-6-14(15)3-1)12-17-9-7-16-8-10-17/h;1-11H,12H2/q-1;+1. The lowest BCUT2D eigenvalue weighted by Crippen LogP contribution is -2.81. The Morgan fingerprint density at radius 3 is 0.919 bits per heavy atom. The van der Waals surface area contributed by atoms with Crippen molar-refractivity contribution >= 4 is 38.8 Å². The summed E-state index contributed by atoms with van der Waals surface area (Å²) in [5.41, 5.74) is -13.0. The predicted molar refractivity (Wildman–Crippen MR) is 177 cm³/mol. The molecule has 0 fully saturated rings. The lowest BCUT2D eigenvalue weighted by molar-refractivity contribution is -0.688. The second-order valence-electron chi connectivity index (χ2n) is 12.9. The third-order valence-electron chi connectivity index (χ3n) is 9.57. The van der Waals surface area contributed by atoms with Crippen LogP contribution in [0.1, 0.15) is 5.56 Å². The molecule has 0 N–H and O–H groups in total. The molecule has 0 spiro atoms. The average Bonchev–Trinajstić information content (AvgIpc) is 3.26. The van der Waals surface area contributed by atoms with E-state index >= 15 is 35.1 Å². The third-order valence-corrected chi connectivity index (χ3v) is 9.57. The fourth-order valence-corrected chi connectivity index (χ4v) is 6.88. The molecule has 7 aromatic rings. The summed E-state index contributed by atoms with van der Waals surface area (Å²) in [6.07, 6.45) is 0.359. The summed E-state index contributed by atoms with van der Waals surface area (Å²) in [5.74, 6) is -71.4. The summed E-state index contributed by atoms with van der Waals surface area (Å²) in [6.45, 7) is 0.882. The highest BCUT2D eigenvalue weighted by molar-refractivity contribution is 7.20. The van der Waals surface area contributed by atoms with Crippen LogP contribution < -0.4 is 26.4 Å². The van der Waals surface area contributed by atoms with Crippen LogP contribution in [0.4, 0.5) is 87.8 Å².